The van der Waals surface area contributed by atoms with Crippen LogP contribution in [0.1, 0.15) is 30.0 Å². The summed E-state index contributed by atoms with van der Waals surface area (Å²) in [5.41, 5.74) is 5.05. The van der Waals surface area contributed by atoms with Gasteiger partial charge in [0.05, 0.1) is 6.61 Å². The van der Waals surface area contributed by atoms with Gasteiger partial charge in [-0.15, -0.1) is 0 Å². The largest absolute Gasteiger partial charge is 0.494 e. The predicted molar refractivity (Wildman–Crippen MR) is 104 cm³/mol. The van der Waals surface area contributed by atoms with Crippen LogP contribution in [0.3, 0.4) is 0 Å². The van der Waals surface area contributed by atoms with Crippen molar-refractivity contribution in [2.24, 2.45) is 0 Å². The van der Waals surface area contributed by atoms with Crippen molar-refractivity contribution >= 4 is 23.3 Å². The number of nitrogens with zero attached hydrogens (tertiary/aromatic N) is 1. The maximum atomic E-state index is 12.7. The number of nitrogens with one attached hydrogen (secondary N) is 2. The molecule has 6 heteroatoms. The Labute approximate surface area is 158 Å². The zero-order valence-corrected chi connectivity index (χ0v) is 15.4. The fraction of sp³-hybridized carbons (Fsp3) is 0.333. The molecule has 27 heavy (non-hydrogen) atoms. The molecule has 2 aromatic rings. The van der Waals surface area contributed by atoms with E-state index in [1.54, 1.807) is 0 Å². The average molecular weight is 365 g/mol. The van der Waals surface area contributed by atoms with Crippen LogP contribution in [-0.2, 0) is 24.2 Å². The van der Waals surface area contributed by atoms with Gasteiger partial charge in [0.2, 0.25) is 5.91 Å². The Morgan fingerprint density at radius 3 is 2.85 bits per heavy atom. The van der Waals surface area contributed by atoms with Crippen LogP contribution in [-0.4, -0.2) is 30.0 Å². The van der Waals surface area contributed by atoms with Crippen LogP contribution < -0.4 is 15.4 Å². The molecule has 2 aliphatic heterocycles. The molecular weight excluding hydrogens is 342 g/mol. The molecule has 0 atom stereocenters. The van der Waals surface area contributed by atoms with Gasteiger partial charge in [-0.3, -0.25) is 4.79 Å². The van der Waals surface area contributed by atoms with E-state index in [2.05, 4.69) is 16.7 Å². The van der Waals surface area contributed by atoms with Crippen molar-refractivity contribution < 1.29 is 14.3 Å². The first-order chi connectivity index (χ1) is 13.1. The summed E-state index contributed by atoms with van der Waals surface area (Å²) in [4.78, 5) is 26.0. The van der Waals surface area contributed by atoms with Gasteiger partial charge in [0, 0.05) is 30.9 Å². The summed E-state index contributed by atoms with van der Waals surface area (Å²) < 4.78 is 5.57. The summed E-state index contributed by atoms with van der Waals surface area (Å²) >= 11 is 0. The van der Waals surface area contributed by atoms with E-state index in [0.29, 0.717) is 32.5 Å². The molecule has 0 saturated heterocycles. The molecule has 0 unspecified atom stereocenters. The summed E-state index contributed by atoms with van der Waals surface area (Å²) in [6.07, 6.45) is 2.02. The lowest BCUT2D eigenvalue weighted by molar-refractivity contribution is -0.116. The summed E-state index contributed by atoms with van der Waals surface area (Å²) in [7, 11) is 0. The van der Waals surface area contributed by atoms with Crippen LogP contribution in [0, 0.1) is 0 Å². The molecule has 0 aliphatic carbocycles. The molecule has 6 nitrogen and oxygen atoms in total. The number of benzene rings is 2. The van der Waals surface area contributed by atoms with Crippen LogP contribution in [0.5, 0.6) is 5.75 Å². The van der Waals surface area contributed by atoms with Crippen molar-refractivity contribution in [3.8, 4) is 5.75 Å². The minimum atomic E-state index is -0.109. The standard InChI is InChI=1S/C21H23N3O3/c1-2-27-18-6-3-14-9-10-24(13-16(14)12-18)21(26)22-17-5-7-19-15(11-17)4-8-20(25)23-19/h3,5-7,11-12H,2,4,8-10,13H2,1H3,(H,22,26)(H,23,25). The SMILES string of the molecule is CCOc1ccc2c(c1)CN(C(=O)Nc1ccc3c(c1)CCC(=O)N3)CC2. The average Bonchev–Trinajstić information content (AvgIpc) is 2.68. The molecule has 0 bridgehead atoms. The maximum absolute atomic E-state index is 12.7. The summed E-state index contributed by atoms with van der Waals surface area (Å²) in [6, 6.07) is 11.6. The highest BCUT2D eigenvalue weighted by molar-refractivity contribution is 5.95. The number of hydrogen-bond acceptors (Lipinski definition) is 3. The fourth-order valence-corrected chi connectivity index (χ4v) is 3.63. The number of aryl methyl sites for hydroxylation is 1. The van der Waals surface area contributed by atoms with Crippen LogP contribution in [0.4, 0.5) is 16.2 Å². The molecule has 2 aromatic carbocycles. The Morgan fingerprint density at radius 2 is 2.00 bits per heavy atom. The molecule has 0 aromatic heterocycles. The number of ether oxygens (including phenoxy) is 1. The first-order valence-corrected chi connectivity index (χ1v) is 9.35. The Kier molecular flexibility index (Phi) is 4.71. The Morgan fingerprint density at radius 1 is 1.11 bits per heavy atom. The van der Waals surface area contributed by atoms with Crippen LogP contribution in [0.2, 0.25) is 0 Å². The van der Waals surface area contributed by atoms with E-state index in [0.717, 1.165) is 34.7 Å². The zero-order valence-electron chi connectivity index (χ0n) is 15.4. The molecule has 0 saturated carbocycles. The number of anilines is 2. The molecule has 2 aliphatic rings. The smallest absolute Gasteiger partial charge is 0.322 e. The first-order valence-electron chi connectivity index (χ1n) is 9.35. The molecular formula is C21H23N3O3. The quantitative estimate of drug-likeness (QED) is 0.874. The summed E-state index contributed by atoms with van der Waals surface area (Å²) in [5, 5.41) is 5.84. The number of urea groups is 1. The Hall–Kier alpha value is -3.02. The van der Waals surface area contributed by atoms with Gasteiger partial charge in [-0.25, -0.2) is 4.79 Å². The number of hydrogen-bond donors (Lipinski definition) is 2. The number of carbonyl (C=O) groups is 2. The molecule has 140 valence electrons. The van der Waals surface area contributed by atoms with E-state index in [1.807, 2.05) is 42.2 Å². The minimum Gasteiger partial charge on any atom is -0.494 e. The number of rotatable bonds is 3. The summed E-state index contributed by atoms with van der Waals surface area (Å²) in [5.74, 6) is 0.882. The van der Waals surface area contributed by atoms with Crippen molar-refractivity contribution in [3.63, 3.8) is 0 Å². The van der Waals surface area contributed by atoms with Crippen molar-refractivity contribution in [3.05, 3.63) is 53.1 Å². The number of fused-ring (bicyclic) bond motifs is 2. The fourth-order valence-electron chi connectivity index (χ4n) is 3.63. The second-order valence-corrected chi connectivity index (χ2v) is 6.89. The lowest BCUT2D eigenvalue weighted by atomic mass is 9.99. The second kappa shape index (κ2) is 7.31. The van der Waals surface area contributed by atoms with Gasteiger partial charge in [-0.05, 0) is 66.8 Å². The molecule has 3 amide bonds. The molecule has 4 rings (SSSR count). The third kappa shape index (κ3) is 3.74. The molecule has 0 fully saturated rings. The van der Waals surface area contributed by atoms with E-state index >= 15 is 0 Å². The van der Waals surface area contributed by atoms with Gasteiger partial charge in [0.25, 0.3) is 0 Å². The van der Waals surface area contributed by atoms with Gasteiger partial charge >= 0.3 is 6.03 Å². The van der Waals surface area contributed by atoms with Crippen LogP contribution in [0.15, 0.2) is 36.4 Å². The Bertz CT molecular complexity index is 894. The summed E-state index contributed by atoms with van der Waals surface area (Å²) in [6.45, 7) is 3.85. The molecule has 2 heterocycles. The van der Waals surface area contributed by atoms with E-state index in [-0.39, 0.29) is 11.9 Å². The van der Waals surface area contributed by atoms with Gasteiger partial charge < -0.3 is 20.3 Å². The highest BCUT2D eigenvalue weighted by Gasteiger charge is 2.22. The molecule has 0 spiro atoms. The van der Waals surface area contributed by atoms with E-state index < -0.39 is 0 Å². The monoisotopic (exact) mass is 365 g/mol. The third-order valence-corrected chi connectivity index (χ3v) is 5.04. The molecule has 2 N–H and O–H groups in total. The highest BCUT2D eigenvalue weighted by atomic mass is 16.5. The van der Waals surface area contributed by atoms with Gasteiger partial charge in [-0.2, -0.15) is 0 Å². The predicted octanol–water partition coefficient (Wildman–Crippen LogP) is 3.56. The van der Waals surface area contributed by atoms with Gasteiger partial charge in [-0.1, -0.05) is 6.07 Å². The lowest BCUT2D eigenvalue weighted by Crippen LogP contribution is -2.38. The topological polar surface area (TPSA) is 70.7 Å². The van der Waals surface area contributed by atoms with Crippen molar-refractivity contribution in [1.82, 2.24) is 4.90 Å². The normalized spacial score (nSPS) is 15.4. The third-order valence-electron chi connectivity index (χ3n) is 5.04. The van der Waals surface area contributed by atoms with Crippen molar-refractivity contribution in [2.45, 2.75) is 32.7 Å². The van der Waals surface area contributed by atoms with E-state index in [4.69, 9.17) is 4.74 Å². The Balaban J connectivity index is 1.45. The van der Waals surface area contributed by atoms with Crippen molar-refractivity contribution in [1.29, 1.82) is 0 Å². The lowest BCUT2D eigenvalue weighted by Gasteiger charge is -2.29. The number of amides is 3. The minimum absolute atomic E-state index is 0.0395. The van der Waals surface area contributed by atoms with Crippen molar-refractivity contribution in [2.75, 3.05) is 23.8 Å². The molecule has 0 radical (unpaired) electrons. The van der Waals surface area contributed by atoms with Gasteiger partial charge in [0.1, 0.15) is 5.75 Å². The maximum Gasteiger partial charge on any atom is 0.322 e. The first kappa shape index (κ1) is 17.4. The zero-order chi connectivity index (χ0) is 18.8. The van der Waals surface area contributed by atoms with Gasteiger partial charge in [0.15, 0.2) is 0 Å². The van der Waals surface area contributed by atoms with Crippen LogP contribution in [0.25, 0.3) is 0 Å². The van der Waals surface area contributed by atoms with E-state index in [1.165, 1.54) is 5.56 Å². The van der Waals surface area contributed by atoms with E-state index in [9.17, 15) is 9.59 Å². The van der Waals surface area contributed by atoms with Crippen LogP contribution >= 0.6 is 0 Å². The highest BCUT2D eigenvalue weighted by Crippen LogP contribution is 2.27. The number of carbonyl (C=O) groups excluding carboxylic acids is 2. The second-order valence-electron chi connectivity index (χ2n) is 6.89.